The molecule has 2 aliphatic heterocycles. The summed E-state index contributed by atoms with van der Waals surface area (Å²) in [6, 6.07) is 0. The van der Waals surface area contributed by atoms with Crippen molar-refractivity contribution in [2.45, 2.75) is 25.4 Å². The molecular formula is C15H23N3O2S. The smallest absolute Gasteiger partial charge is 0.185 e. The number of aldehydes is 1. The van der Waals surface area contributed by atoms with Gasteiger partial charge in [0.15, 0.2) is 5.13 Å². The number of carbonyl (C=O) groups excluding carboxylic acids is 1. The average Bonchev–Trinajstić information content (AvgIpc) is 3.19. The maximum Gasteiger partial charge on any atom is 0.185 e. The lowest BCUT2D eigenvalue weighted by Gasteiger charge is -2.35. The van der Waals surface area contributed by atoms with E-state index in [0.717, 1.165) is 56.9 Å². The van der Waals surface area contributed by atoms with Crippen molar-refractivity contribution in [1.82, 2.24) is 9.88 Å². The number of hydrogen-bond acceptors (Lipinski definition) is 6. The van der Waals surface area contributed by atoms with E-state index < -0.39 is 0 Å². The average molecular weight is 309 g/mol. The highest BCUT2D eigenvalue weighted by atomic mass is 32.1. The van der Waals surface area contributed by atoms with Gasteiger partial charge in [0.25, 0.3) is 0 Å². The van der Waals surface area contributed by atoms with Gasteiger partial charge >= 0.3 is 0 Å². The molecule has 2 aliphatic rings. The van der Waals surface area contributed by atoms with Gasteiger partial charge in [0.05, 0.1) is 6.10 Å². The van der Waals surface area contributed by atoms with Gasteiger partial charge < -0.3 is 19.7 Å². The van der Waals surface area contributed by atoms with Gasteiger partial charge in [-0.3, -0.25) is 0 Å². The van der Waals surface area contributed by atoms with Crippen LogP contribution in [0.25, 0.3) is 0 Å². The molecule has 2 fully saturated rings. The number of carbonyl (C=O) groups is 1. The van der Waals surface area contributed by atoms with Gasteiger partial charge in [-0.15, -0.1) is 11.3 Å². The van der Waals surface area contributed by atoms with Crippen LogP contribution in [-0.4, -0.2) is 60.1 Å². The summed E-state index contributed by atoms with van der Waals surface area (Å²) in [6.07, 6.45) is 5.61. The van der Waals surface area contributed by atoms with E-state index in [1.807, 2.05) is 11.6 Å². The molecule has 0 radical (unpaired) electrons. The first-order valence-corrected chi connectivity index (χ1v) is 8.64. The molecule has 2 unspecified atom stereocenters. The van der Waals surface area contributed by atoms with Crippen LogP contribution in [0.15, 0.2) is 11.6 Å². The van der Waals surface area contributed by atoms with E-state index in [1.165, 1.54) is 0 Å². The van der Waals surface area contributed by atoms with Gasteiger partial charge in [-0.25, -0.2) is 4.98 Å². The molecule has 2 saturated heterocycles. The quantitative estimate of drug-likeness (QED) is 0.830. The van der Waals surface area contributed by atoms with Crippen molar-refractivity contribution < 1.29 is 9.90 Å². The summed E-state index contributed by atoms with van der Waals surface area (Å²) in [6.45, 7) is 4.43. The molecule has 0 saturated carbocycles. The van der Waals surface area contributed by atoms with Crippen molar-refractivity contribution in [2.75, 3.05) is 37.6 Å². The molecule has 0 bridgehead atoms. The van der Waals surface area contributed by atoms with E-state index >= 15 is 0 Å². The molecule has 6 heteroatoms. The summed E-state index contributed by atoms with van der Waals surface area (Å²) in [5.74, 6) is 0.542. The predicted molar refractivity (Wildman–Crippen MR) is 83.7 cm³/mol. The summed E-state index contributed by atoms with van der Waals surface area (Å²) in [4.78, 5) is 19.7. The number of thiazole rings is 1. The highest BCUT2D eigenvalue weighted by Gasteiger charge is 2.29. The lowest BCUT2D eigenvalue weighted by molar-refractivity contribution is -0.110. The molecule has 1 aromatic rings. The summed E-state index contributed by atoms with van der Waals surface area (Å²) in [5.41, 5.74) is 0. The Bertz CT molecular complexity index is 446. The lowest BCUT2D eigenvalue weighted by Crippen LogP contribution is -2.42. The Balaban J connectivity index is 1.44. The third-order valence-electron chi connectivity index (χ3n) is 4.72. The molecule has 116 valence electrons. The molecule has 2 atom stereocenters. The van der Waals surface area contributed by atoms with Crippen LogP contribution in [0.3, 0.4) is 0 Å². The van der Waals surface area contributed by atoms with E-state index in [2.05, 4.69) is 14.8 Å². The van der Waals surface area contributed by atoms with Gasteiger partial charge in [-0.1, -0.05) is 0 Å². The monoisotopic (exact) mass is 309 g/mol. The van der Waals surface area contributed by atoms with Crippen LogP contribution >= 0.6 is 11.3 Å². The van der Waals surface area contributed by atoms with Crippen LogP contribution in [0.4, 0.5) is 5.13 Å². The maximum atomic E-state index is 10.8. The number of aliphatic hydroxyl groups is 1. The number of aromatic nitrogens is 1. The van der Waals surface area contributed by atoms with E-state index in [4.69, 9.17) is 0 Å². The third-order valence-corrected chi connectivity index (χ3v) is 5.55. The standard InChI is InChI=1S/C15H23N3O2S/c19-11-12-1-5-17(9-12)10-14(20)13-2-6-18(7-3-13)15-16-4-8-21-15/h4,8,11-14,20H,1-3,5-7,9-10H2. The summed E-state index contributed by atoms with van der Waals surface area (Å²) >= 11 is 1.68. The molecule has 21 heavy (non-hydrogen) atoms. The predicted octanol–water partition coefficient (Wildman–Crippen LogP) is 1.24. The van der Waals surface area contributed by atoms with Crippen molar-refractivity contribution in [1.29, 1.82) is 0 Å². The minimum Gasteiger partial charge on any atom is -0.392 e. The zero-order chi connectivity index (χ0) is 14.7. The Labute approximate surface area is 129 Å². The van der Waals surface area contributed by atoms with Gasteiger partial charge in [0.1, 0.15) is 6.29 Å². The Kier molecular flexibility index (Phi) is 4.87. The van der Waals surface area contributed by atoms with Gasteiger partial charge in [-0.05, 0) is 31.7 Å². The first-order chi connectivity index (χ1) is 10.3. The second kappa shape index (κ2) is 6.85. The van der Waals surface area contributed by atoms with E-state index in [9.17, 15) is 9.90 Å². The third kappa shape index (κ3) is 3.62. The molecule has 1 N–H and O–H groups in total. The van der Waals surface area contributed by atoms with E-state index in [0.29, 0.717) is 12.5 Å². The Morgan fingerprint density at radius 3 is 2.81 bits per heavy atom. The summed E-state index contributed by atoms with van der Waals surface area (Å²) in [7, 11) is 0. The number of anilines is 1. The molecule has 1 aromatic heterocycles. The van der Waals surface area contributed by atoms with Crippen LogP contribution in [0.5, 0.6) is 0 Å². The summed E-state index contributed by atoms with van der Waals surface area (Å²) < 4.78 is 0. The SMILES string of the molecule is O=CC1CCN(CC(O)C2CCN(c3nccs3)CC2)C1. The largest absolute Gasteiger partial charge is 0.392 e. The first-order valence-electron chi connectivity index (χ1n) is 7.76. The molecule has 3 heterocycles. The molecular weight excluding hydrogens is 286 g/mol. The van der Waals surface area contributed by atoms with Crippen LogP contribution in [0, 0.1) is 11.8 Å². The zero-order valence-corrected chi connectivity index (χ0v) is 13.0. The lowest BCUT2D eigenvalue weighted by atomic mass is 9.91. The number of likely N-dealkylation sites (tertiary alicyclic amines) is 1. The Morgan fingerprint density at radius 2 is 2.19 bits per heavy atom. The minimum atomic E-state index is -0.270. The van der Waals surface area contributed by atoms with Gasteiger partial charge in [-0.2, -0.15) is 0 Å². The molecule has 0 amide bonds. The Hall–Kier alpha value is -0.980. The van der Waals surface area contributed by atoms with Crippen molar-refractivity contribution in [3.8, 4) is 0 Å². The number of rotatable bonds is 5. The number of aliphatic hydroxyl groups excluding tert-OH is 1. The Morgan fingerprint density at radius 1 is 1.38 bits per heavy atom. The van der Waals surface area contributed by atoms with Crippen LogP contribution < -0.4 is 4.90 Å². The highest BCUT2D eigenvalue weighted by molar-refractivity contribution is 7.13. The highest BCUT2D eigenvalue weighted by Crippen LogP contribution is 2.27. The number of β-amino-alcohol motifs (C(OH)–C–C–N with tert-alkyl or cyclic N) is 1. The second-order valence-corrected chi connectivity index (χ2v) is 7.02. The van der Waals surface area contributed by atoms with E-state index in [-0.39, 0.29) is 12.0 Å². The maximum absolute atomic E-state index is 10.8. The summed E-state index contributed by atoms with van der Waals surface area (Å²) in [5, 5.41) is 13.5. The zero-order valence-electron chi connectivity index (χ0n) is 12.2. The van der Waals surface area contributed by atoms with E-state index in [1.54, 1.807) is 11.3 Å². The van der Waals surface area contributed by atoms with Crippen molar-refractivity contribution in [2.24, 2.45) is 11.8 Å². The van der Waals surface area contributed by atoms with Gasteiger partial charge in [0, 0.05) is 43.7 Å². The molecule has 0 aliphatic carbocycles. The fourth-order valence-corrected chi connectivity index (χ4v) is 4.10. The minimum absolute atomic E-state index is 0.170. The van der Waals surface area contributed by atoms with Crippen LogP contribution in [-0.2, 0) is 4.79 Å². The van der Waals surface area contributed by atoms with Crippen molar-refractivity contribution in [3.05, 3.63) is 11.6 Å². The molecule has 0 spiro atoms. The van der Waals surface area contributed by atoms with Crippen LogP contribution in [0.2, 0.25) is 0 Å². The fourth-order valence-electron chi connectivity index (χ4n) is 3.40. The van der Waals surface area contributed by atoms with Crippen molar-refractivity contribution in [3.63, 3.8) is 0 Å². The van der Waals surface area contributed by atoms with Gasteiger partial charge in [0.2, 0.25) is 0 Å². The number of nitrogens with zero attached hydrogens (tertiary/aromatic N) is 3. The normalized spacial score (nSPS) is 26.1. The molecule has 5 nitrogen and oxygen atoms in total. The topological polar surface area (TPSA) is 56.7 Å². The van der Waals surface area contributed by atoms with Crippen LogP contribution in [0.1, 0.15) is 19.3 Å². The molecule has 0 aromatic carbocycles. The fraction of sp³-hybridized carbons (Fsp3) is 0.733. The number of hydrogen-bond donors (Lipinski definition) is 1. The van der Waals surface area contributed by atoms with Crippen molar-refractivity contribution >= 4 is 22.8 Å². The number of piperidine rings is 1. The molecule has 3 rings (SSSR count). The second-order valence-electron chi connectivity index (χ2n) is 6.15. The first kappa shape index (κ1) is 14.9.